The van der Waals surface area contributed by atoms with Crippen LogP contribution in [0.4, 0.5) is 0 Å². The number of hydrogen-bond donors (Lipinski definition) is 2. The maximum absolute atomic E-state index is 12.3. The van der Waals surface area contributed by atoms with Gasteiger partial charge in [-0.1, -0.05) is 6.07 Å². The molecule has 110 valence electrons. The summed E-state index contributed by atoms with van der Waals surface area (Å²) in [6.45, 7) is 1.22. The third-order valence-electron chi connectivity index (χ3n) is 2.77. The second kappa shape index (κ2) is 6.02. The molecule has 20 heavy (non-hydrogen) atoms. The van der Waals surface area contributed by atoms with Crippen LogP contribution < -0.4 is 5.32 Å². The Morgan fingerprint density at radius 1 is 1.35 bits per heavy atom. The molecule has 0 saturated carbocycles. The quantitative estimate of drug-likeness (QED) is 0.800. The van der Waals surface area contributed by atoms with Crippen molar-refractivity contribution >= 4 is 21.9 Å². The van der Waals surface area contributed by atoms with E-state index in [0.717, 1.165) is 10.4 Å². The van der Waals surface area contributed by atoms with Crippen molar-refractivity contribution in [1.29, 1.82) is 0 Å². The molecule has 1 rings (SSSR count). The summed E-state index contributed by atoms with van der Waals surface area (Å²) in [5.41, 5.74) is 0.293. The Labute approximate surface area is 117 Å². The number of hydrogen-bond acceptors (Lipinski definition) is 4. The summed E-state index contributed by atoms with van der Waals surface area (Å²) in [7, 11) is -1.26. The van der Waals surface area contributed by atoms with Crippen molar-refractivity contribution < 1.29 is 23.1 Å². The monoisotopic (exact) mass is 300 g/mol. The first-order valence-corrected chi connectivity index (χ1v) is 7.15. The van der Waals surface area contributed by atoms with Gasteiger partial charge >= 0.3 is 5.97 Å². The number of nitrogens with one attached hydrogen (secondary N) is 1. The Balaban J connectivity index is 3.24. The molecule has 1 amide bonds. The van der Waals surface area contributed by atoms with Gasteiger partial charge in [0, 0.05) is 14.1 Å². The second-order valence-electron chi connectivity index (χ2n) is 4.22. The standard InChI is InChI=1S/C12H16N2O5S/c1-8-4-5-9(12(16)17)6-10(8)20(18,19)14(3)7-11(15)13-2/h4-6H,7H2,1-3H3,(H,13,15)(H,16,17). The van der Waals surface area contributed by atoms with E-state index in [1.165, 1.54) is 26.2 Å². The first-order valence-electron chi connectivity index (χ1n) is 5.71. The summed E-state index contributed by atoms with van der Waals surface area (Å²) in [5, 5.41) is 11.2. The highest BCUT2D eigenvalue weighted by Crippen LogP contribution is 2.20. The number of aromatic carboxylic acids is 1. The van der Waals surface area contributed by atoms with E-state index in [9.17, 15) is 18.0 Å². The molecule has 0 aliphatic heterocycles. The highest BCUT2D eigenvalue weighted by Gasteiger charge is 2.25. The zero-order valence-electron chi connectivity index (χ0n) is 11.4. The van der Waals surface area contributed by atoms with Crippen LogP contribution in [-0.2, 0) is 14.8 Å². The topological polar surface area (TPSA) is 104 Å². The first kappa shape index (κ1) is 16.1. The van der Waals surface area contributed by atoms with Crippen LogP contribution in [0.3, 0.4) is 0 Å². The predicted molar refractivity (Wildman–Crippen MR) is 72.0 cm³/mol. The largest absolute Gasteiger partial charge is 0.478 e. The molecule has 2 N–H and O–H groups in total. The van der Waals surface area contributed by atoms with E-state index in [2.05, 4.69) is 5.32 Å². The van der Waals surface area contributed by atoms with Crippen LogP contribution in [-0.4, -0.2) is 50.3 Å². The number of carbonyl (C=O) groups is 2. The molecule has 0 spiro atoms. The lowest BCUT2D eigenvalue weighted by molar-refractivity contribution is -0.120. The van der Waals surface area contributed by atoms with Gasteiger partial charge in [-0.05, 0) is 24.6 Å². The van der Waals surface area contributed by atoms with Crippen LogP contribution in [0.2, 0.25) is 0 Å². The average Bonchev–Trinajstić information content (AvgIpc) is 2.38. The predicted octanol–water partition coefficient (Wildman–Crippen LogP) is 0.0597. The van der Waals surface area contributed by atoms with Gasteiger partial charge in [0.05, 0.1) is 17.0 Å². The molecular weight excluding hydrogens is 284 g/mol. The minimum Gasteiger partial charge on any atom is -0.478 e. The Morgan fingerprint density at radius 3 is 2.45 bits per heavy atom. The molecule has 0 bridgehead atoms. The van der Waals surface area contributed by atoms with Crippen LogP contribution >= 0.6 is 0 Å². The fourth-order valence-electron chi connectivity index (χ4n) is 1.55. The molecule has 1 aromatic rings. The maximum atomic E-state index is 12.3. The summed E-state index contributed by atoms with van der Waals surface area (Å²) in [6, 6.07) is 3.84. The summed E-state index contributed by atoms with van der Waals surface area (Å²) < 4.78 is 25.5. The minimum absolute atomic E-state index is 0.121. The number of carbonyl (C=O) groups excluding carboxylic acids is 1. The number of likely N-dealkylation sites (N-methyl/N-ethyl adjacent to an activating group) is 2. The van der Waals surface area contributed by atoms with Gasteiger partial charge in [0.15, 0.2) is 0 Å². The summed E-state index contributed by atoms with van der Waals surface area (Å²) in [4.78, 5) is 22.0. The third kappa shape index (κ3) is 3.34. The van der Waals surface area contributed by atoms with Crippen molar-refractivity contribution in [2.45, 2.75) is 11.8 Å². The molecule has 0 saturated heterocycles. The molecule has 8 heteroatoms. The molecular formula is C12H16N2O5S. The van der Waals surface area contributed by atoms with Crippen LogP contribution in [0.5, 0.6) is 0 Å². The number of rotatable bonds is 5. The molecule has 0 fully saturated rings. The molecule has 0 aromatic heterocycles. The van der Waals surface area contributed by atoms with E-state index in [-0.39, 0.29) is 17.0 Å². The van der Waals surface area contributed by atoms with Gasteiger partial charge in [0.2, 0.25) is 15.9 Å². The summed E-state index contributed by atoms with van der Waals surface area (Å²) in [6.07, 6.45) is 0. The normalized spacial score (nSPS) is 11.4. The van der Waals surface area contributed by atoms with E-state index in [1.807, 2.05) is 0 Å². The number of amides is 1. The van der Waals surface area contributed by atoms with Crippen LogP contribution in [0.15, 0.2) is 23.1 Å². The van der Waals surface area contributed by atoms with E-state index >= 15 is 0 Å². The highest BCUT2D eigenvalue weighted by molar-refractivity contribution is 7.89. The molecule has 0 aliphatic rings. The van der Waals surface area contributed by atoms with Crippen molar-refractivity contribution in [3.05, 3.63) is 29.3 Å². The number of nitrogens with zero attached hydrogens (tertiary/aromatic N) is 1. The van der Waals surface area contributed by atoms with Gasteiger partial charge in [0.25, 0.3) is 0 Å². The second-order valence-corrected chi connectivity index (χ2v) is 6.23. The van der Waals surface area contributed by atoms with Gasteiger partial charge in [-0.15, -0.1) is 0 Å². The van der Waals surface area contributed by atoms with Crippen molar-refractivity contribution in [2.24, 2.45) is 0 Å². The molecule has 7 nitrogen and oxygen atoms in total. The van der Waals surface area contributed by atoms with Crippen molar-refractivity contribution in [3.63, 3.8) is 0 Å². The minimum atomic E-state index is -3.92. The number of sulfonamides is 1. The van der Waals surface area contributed by atoms with E-state index in [4.69, 9.17) is 5.11 Å². The average molecular weight is 300 g/mol. The lowest BCUT2D eigenvalue weighted by Gasteiger charge is -2.18. The van der Waals surface area contributed by atoms with Crippen LogP contribution in [0, 0.1) is 6.92 Å². The van der Waals surface area contributed by atoms with Crippen molar-refractivity contribution in [3.8, 4) is 0 Å². The zero-order valence-corrected chi connectivity index (χ0v) is 12.2. The molecule has 1 aromatic carbocycles. The summed E-state index contributed by atoms with van der Waals surface area (Å²) >= 11 is 0. The number of carboxylic acid groups (broad SMARTS) is 1. The first-order chi connectivity index (χ1) is 9.20. The lowest BCUT2D eigenvalue weighted by atomic mass is 10.1. The fourth-order valence-corrected chi connectivity index (χ4v) is 2.92. The van der Waals surface area contributed by atoms with Crippen LogP contribution in [0.25, 0.3) is 0 Å². The Hall–Kier alpha value is -1.93. The Morgan fingerprint density at radius 2 is 1.95 bits per heavy atom. The lowest BCUT2D eigenvalue weighted by Crippen LogP contribution is -2.37. The third-order valence-corrected chi connectivity index (χ3v) is 4.71. The highest BCUT2D eigenvalue weighted by atomic mass is 32.2. The number of aryl methyl sites for hydroxylation is 1. The van der Waals surface area contributed by atoms with Gasteiger partial charge in [-0.3, -0.25) is 4.79 Å². The van der Waals surface area contributed by atoms with Gasteiger partial charge in [-0.25, -0.2) is 13.2 Å². The smallest absolute Gasteiger partial charge is 0.335 e. The van der Waals surface area contributed by atoms with Crippen molar-refractivity contribution in [1.82, 2.24) is 9.62 Å². The molecule has 0 atom stereocenters. The molecule has 0 radical (unpaired) electrons. The van der Waals surface area contributed by atoms with Gasteiger partial charge in [-0.2, -0.15) is 4.31 Å². The SMILES string of the molecule is CNC(=O)CN(C)S(=O)(=O)c1cc(C(=O)O)ccc1C. The van der Waals surface area contributed by atoms with Crippen molar-refractivity contribution in [2.75, 3.05) is 20.6 Å². The fraction of sp³-hybridized carbons (Fsp3) is 0.333. The summed E-state index contributed by atoms with van der Waals surface area (Å²) in [5.74, 6) is -1.67. The molecule has 0 aliphatic carbocycles. The number of carboxylic acids is 1. The Kier molecular flexibility index (Phi) is 4.85. The van der Waals surface area contributed by atoms with E-state index in [1.54, 1.807) is 6.92 Å². The Bertz CT molecular complexity index is 639. The van der Waals surface area contributed by atoms with Crippen LogP contribution in [0.1, 0.15) is 15.9 Å². The van der Waals surface area contributed by atoms with Gasteiger partial charge < -0.3 is 10.4 Å². The maximum Gasteiger partial charge on any atom is 0.335 e. The molecule has 0 heterocycles. The van der Waals surface area contributed by atoms with E-state index in [0.29, 0.717) is 5.56 Å². The van der Waals surface area contributed by atoms with Gasteiger partial charge in [0.1, 0.15) is 0 Å². The molecule has 0 unspecified atom stereocenters. The van der Waals surface area contributed by atoms with E-state index < -0.39 is 21.9 Å². The number of benzene rings is 1. The zero-order chi connectivity index (χ0) is 15.5.